The number of Topliss-reactive ketones (excluding diaryl/α,β-unsaturated/α-hetero) is 1. The number of benzene rings is 1. The molecular formula is C13H16O2. The van der Waals surface area contributed by atoms with Crippen molar-refractivity contribution >= 4 is 5.78 Å². The first-order valence-corrected chi connectivity index (χ1v) is 5.49. The highest BCUT2D eigenvalue weighted by molar-refractivity contribution is 5.88. The first-order chi connectivity index (χ1) is 7.31. The number of carbonyl (C=O) groups is 1. The fourth-order valence-electron chi connectivity index (χ4n) is 2.04. The fourth-order valence-corrected chi connectivity index (χ4v) is 2.04. The van der Waals surface area contributed by atoms with E-state index >= 15 is 0 Å². The van der Waals surface area contributed by atoms with Gasteiger partial charge in [-0.25, -0.2) is 0 Å². The molecule has 0 aliphatic heterocycles. The van der Waals surface area contributed by atoms with E-state index in [2.05, 4.69) is 12.1 Å². The van der Waals surface area contributed by atoms with E-state index < -0.39 is 0 Å². The topological polar surface area (TPSA) is 26.3 Å². The van der Waals surface area contributed by atoms with Crippen LogP contribution in [-0.4, -0.2) is 18.5 Å². The van der Waals surface area contributed by atoms with Crippen molar-refractivity contribution in [2.24, 2.45) is 5.92 Å². The minimum atomic E-state index is 0.0901. The van der Waals surface area contributed by atoms with Crippen molar-refractivity contribution in [3.05, 3.63) is 35.9 Å². The molecule has 1 aromatic rings. The average molecular weight is 204 g/mol. The zero-order valence-electron chi connectivity index (χ0n) is 8.98. The molecule has 15 heavy (non-hydrogen) atoms. The van der Waals surface area contributed by atoms with Crippen molar-refractivity contribution in [2.75, 3.05) is 6.61 Å². The molecule has 1 aromatic carbocycles. The van der Waals surface area contributed by atoms with Crippen LogP contribution in [0.25, 0.3) is 0 Å². The maximum atomic E-state index is 11.4. The lowest BCUT2D eigenvalue weighted by Crippen LogP contribution is -2.44. The Morgan fingerprint density at radius 1 is 1.33 bits per heavy atom. The Morgan fingerprint density at radius 2 is 2.07 bits per heavy atom. The molecule has 0 heterocycles. The van der Waals surface area contributed by atoms with Crippen molar-refractivity contribution in [3.63, 3.8) is 0 Å². The molecule has 2 heteroatoms. The minimum Gasteiger partial charge on any atom is -0.377 e. The van der Waals surface area contributed by atoms with Crippen LogP contribution in [0.4, 0.5) is 0 Å². The van der Waals surface area contributed by atoms with Gasteiger partial charge < -0.3 is 4.74 Å². The highest BCUT2D eigenvalue weighted by Gasteiger charge is 2.39. The normalized spacial score (nSPS) is 25.0. The second-order valence-electron chi connectivity index (χ2n) is 3.96. The van der Waals surface area contributed by atoms with Crippen molar-refractivity contribution < 1.29 is 9.53 Å². The first kappa shape index (κ1) is 10.4. The van der Waals surface area contributed by atoms with Gasteiger partial charge in [-0.3, -0.25) is 4.79 Å². The molecule has 2 atom stereocenters. The van der Waals surface area contributed by atoms with E-state index in [0.29, 0.717) is 18.8 Å². The van der Waals surface area contributed by atoms with Gasteiger partial charge in [-0.15, -0.1) is 0 Å². The predicted octanol–water partition coefficient (Wildman–Crippen LogP) is 2.22. The summed E-state index contributed by atoms with van der Waals surface area (Å²) in [6.45, 7) is 2.67. The summed E-state index contributed by atoms with van der Waals surface area (Å²) >= 11 is 0. The third kappa shape index (κ3) is 2.26. The molecule has 0 bridgehead atoms. The van der Waals surface area contributed by atoms with Crippen LogP contribution >= 0.6 is 0 Å². The second-order valence-corrected chi connectivity index (χ2v) is 3.96. The Balaban J connectivity index is 1.96. The Labute approximate surface area is 90.3 Å². The molecule has 0 radical (unpaired) electrons. The summed E-state index contributed by atoms with van der Waals surface area (Å²) in [6.07, 6.45) is 1.58. The highest BCUT2D eigenvalue weighted by atomic mass is 16.5. The zero-order valence-corrected chi connectivity index (χ0v) is 8.98. The van der Waals surface area contributed by atoms with Crippen LogP contribution in [0.2, 0.25) is 0 Å². The first-order valence-electron chi connectivity index (χ1n) is 5.49. The lowest BCUT2D eigenvalue weighted by Gasteiger charge is -2.34. The van der Waals surface area contributed by atoms with Gasteiger partial charge in [0.15, 0.2) is 0 Å². The van der Waals surface area contributed by atoms with Crippen LogP contribution in [0.3, 0.4) is 0 Å². The Morgan fingerprint density at radius 3 is 2.67 bits per heavy atom. The standard InChI is InChI=1S/C13H16O2/c1-2-15-13-9-12(14)11(13)8-10-6-4-3-5-7-10/h3-7,11,13H,2,8-9H2,1H3. The molecule has 80 valence electrons. The fraction of sp³-hybridized carbons (Fsp3) is 0.462. The molecule has 2 rings (SSSR count). The summed E-state index contributed by atoms with van der Waals surface area (Å²) in [5.74, 6) is 0.435. The van der Waals surface area contributed by atoms with E-state index in [4.69, 9.17) is 4.74 Å². The van der Waals surface area contributed by atoms with E-state index in [1.807, 2.05) is 25.1 Å². The number of hydrogen-bond acceptors (Lipinski definition) is 2. The van der Waals surface area contributed by atoms with Gasteiger partial charge in [0.2, 0.25) is 0 Å². The molecular weight excluding hydrogens is 188 g/mol. The second kappa shape index (κ2) is 4.58. The summed E-state index contributed by atoms with van der Waals surface area (Å²) in [6, 6.07) is 10.1. The van der Waals surface area contributed by atoms with Gasteiger partial charge in [0.25, 0.3) is 0 Å². The van der Waals surface area contributed by atoms with Gasteiger partial charge in [0.05, 0.1) is 6.10 Å². The third-order valence-corrected chi connectivity index (χ3v) is 2.94. The molecule has 1 aliphatic carbocycles. The van der Waals surface area contributed by atoms with E-state index in [0.717, 1.165) is 6.42 Å². The van der Waals surface area contributed by atoms with Gasteiger partial charge in [-0.2, -0.15) is 0 Å². The van der Waals surface area contributed by atoms with E-state index in [1.165, 1.54) is 5.56 Å². The minimum absolute atomic E-state index is 0.0901. The van der Waals surface area contributed by atoms with Crippen LogP contribution in [0.15, 0.2) is 30.3 Å². The highest BCUT2D eigenvalue weighted by Crippen LogP contribution is 2.29. The number of carbonyl (C=O) groups excluding carboxylic acids is 1. The lowest BCUT2D eigenvalue weighted by atomic mass is 9.76. The van der Waals surface area contributed by atoms with Crippen molar-refractivity contribution in [1.29, 1.82) is 0 Å². The summed E-state index contributed by atoms with van der Waals surface area (Å²) < 4.78 is 5.51. The van der Waals surface area contributed by atoms with Gasteiger partial charge >= 0.3 is 0 Å². The summed E-state index contributed by atoms with van der Waals surface area (Å²) in [5.41, 5.74) is 1.22. The summed E-state index contributed by atoms with van der Waals surface area (Å²) in [4.78, 5) is 11.4. The Hall–Kier alpha value is -1.15. The number of ketones is 1. The van der Waals surface area contributed by atoms with Crippen LogP contribution in [0, 0.1) is 5.92 Å². The molecule has 1 fully saturated rings. The molecule has 0 amide bonds. The Kier molecular flexibility index (Phi) is 3.17. The van der Waals surface area contributed by atoms with Gasteiger partial charge in [-0.1, -0.05) is 30.3 Å². The number of ether oxygens (including phenoxy) is 1. The molecule has 0 aromatic heterocycles. The predicted molar refractivity (Wildman–Crippen MR) is 58.7 cm³/mol. The van der Waals surface area contributed by atoms with Crippen molar-refractivity contribution in [2.45, 2.75) is 25.9 Å². The van der Waals surface area contributed by atoms with E-state index in [-0.39, 0.29) is 12.0 Å². The SMILES string of the molecule is CCOC1CC(=O)C1Cc1ccccc1. The molecule has 2 unspecified atom stereocenters. The quantitative estimate of drug-likeness (QED) is 0.751. The number of rotatable bonds is 4. The maximum absolute atomic E-state index is 11.4. The van der Waals surface area contributed by atoms with Gasteiger partial charge in [0, 0.05) is 18.9 Å². The Bertz CT molecular complexity index is 332. The third-order valence-electron chi connectivity index (χ3n) is 2.94. The zero-order chi connectivity index (χ0) is 10.7. The van der Waals surface area contributed by atoms with Crippen molar-refractivity contribution in [3.8, 4) is 0 Å². The largest absolute Gasteiger partial charge is 0.377 e. The molecule has 0 N–H and O–H groups in total. The van der Waals surface area contributed by atoms with Crippen LogP contribution in [0.1, 0.15) is 18.9 Å². The molecule has 1 saturated carbocycles. The summed E-state index contributed by atoms with van der Waals surface area (Å²) in [7, 11) is 0. The summed E-state index contributed by atoms with van der Waals surface area (Å²) in [5, 5.41) is 0. The van der Waals surface area contributed by atoms with Crippen molar-refractivity contribution in [1.82, 2.24) is 0 Å². The molecule has 0 spiro atoms. The van der Waals surface area contributed by atoms with E-state index in [9.17, 15) is 4.79 Å². The van der Waals surface area contributed by atoms with Crippen LogP contribution in [0.5, 0.6) is 0 Å². The molecule has 2 nitrogen and oxygen atoms in total. The average Bonchev–Trinajstić information content (AvgIpc) is 2.27. The monoisotopic (exact) mass is 204 g/mol. The van der Waals surface area contributed by atoms with E-state index in [1.54, 1.807) is 0 Å². The lowest BCUT2D eigenvalue weighted by molar-refractivity contribution is -0.144. The van der Waals surface area contributed by atoms with Crippen LogP contribution < -0.4 is 0 Å². The van der Waals surface area contributed by atoms with Crippen LogP contribution in [-0.2, 0) is 16.0 Å². The number of hydrogen-bond donors (Lipinski definition) is 0. The maximum Gasteiger partial charge on any atom is 0.141 e. The molecule has 0 saturated heterocycles. The van der Waals surface area contributed by atoms with Gasteiger partial charge in [0.1, 0.15) is 5.78 Å². The molecule has 1 aliphatic rings. The van der Waals surface area contributed by atoms with Gasteiger partial charge in [-0.05, 0) is 18.9 Å². The smallest absolute Gasteiger partial charge is 0.141 e.